The molecule has 2 saturated heterocycles. The number of halogens is 4. The smallest absolute Gasteiger partial charge is 0.364 e. The van der Waals surface area contributed by atoms with E-state index in [1.54, 1.807) is 12.1 Å². The van der Waals surface area contributed by atoms with Crippen molar-refractivity contribution in [2.75, 3.05) is 37.6 Å². The molecule has 3 atom stereocenters. The normalized spacial score (nSPS) is 26.2. The van der Waals surface area contributed by atoms with Crippen LogP contribution in [0.25, 0.3) is 10.9 Å². The molecule has 170 valence electrons. The fourth-order valence-electron chi connectivity index (χ4n) is 3.90. The second-order valence-electron chi connectivity index (χ2n) is 7.86. The summed E-state index contributed by atoms with van der Waals surface area (Å²) in [5, 5.41) is 14.9. The van der Waals surface area contributed by atoms with Crippen LogP contribution in [0.4, 0.5) is 23.2 Å². The summed E-state index contributed by atoms with van der Waals surface area (Å²) in [6, 6.07) is 5.12. The quantitative estimate of drug-likeness (QED) is 0.677. The largest absolute Gasteiger partial charge is 0.416 e. The number of carbonyl (C=O) groups excluding carboxylic acids is 1. The third-order valence-electron chi connectivity index (χ3n) is 5.60. The number of rotatable bonds is 4. The van der Waals surface area contributed by atoms with E-state index in [4.69, 9.17) is 4.74 Å². The van der Waals surface area contributed by atoms with Gasteiger partial charge in [-0.25, -0.2) is 9.37 Å². The molecule has 2 unspecified atom stereocenters. The standard InChI is InChI=1S/C20H20F4N6O2/c21-19(3-5-26-10-19)11-29-18(31)15-8-30(9-16(32-15)20(22,23)24)14-7-28-13(6-25)17-12(14)2-1-4-27-17/h1-2,4,7,15-16,26H,3,5,8-11H2,(H,29,31)/t15?,16?,19-/m1/s1. The van der Waals surface area contributed by atoms with Crippen molar-refractivity contribution in [3.8, 4) is 6.07 Å². The Labute approximate surface area is 180 Å². The van der Waals surface area contributed by atoms with Gasteiger partial charge in [-0.2, -0.15) is 18.4 Å². The average Bonchev–Trinajstić information content (AvgIpc) is 3.22. The first kappa shape index (κ1) is 22.2. The minimum atomic E-state index is -4.72. The first-order chi connectivity index (χ1) is 15.2. The summed E-state index contributed by atoms with van der Waals surface area (Å²) in [6.45, 7) is -0.564. The third kappa shape index (κ3) is 4.44. The lowest BCUT2D eigenvalue weighted by molar-refractivity contribution is -0.234. The number of hydrogen-bond donors (Lipinski definition) is 2. The van der Waals surface area contributed by atoms with Crippen LogP contribution in [-0.4, -0.2) is 72.7 Å². The predicted octanol–water partition coefficient (Wildman–Crippen LogP) is 1.46. The SMILES string of the molecule is N#Cc1ncc(N2CC(C(=O)NC[C@@]3(F)CCNC3)OC(C(F)(F)F)C2)c2cccnc12. The number of fused-ring (bicyclic) bond motifs is 1. The van der Waals surface area contributed by atoms with Crippen molar-refractivity contribution in [2.45, 2.75) is 30.5 Å². The van der Waals surface area contributed by atoms with E-state index in [-0.39, 0.29) is 37.3 Å². The minimum absolute atomic E-state index is 0.0395. The molecule has 2 aliphatic rings. The number of nitrogens with zero attached hydrogens (tertiary/aromatic N) is 4. The highest BCUT2D eigenvalue weighted by atomic mass is 19.4. The van der Waals surface area contributed by atoms with Gasteiger partial charge in [-0.05, 0) is 25.1 Å². The predicted molar refractivity (Wildman–Crippen MR) is 106 cm³/mol. The maximum Gasteiger partial charge on any atom is 0.416 e. The van der Waals surface area contributed by atoms with E-state index in [0.717, 1.165) is 0 Å². The molecule has 2 fully saturated rings. The number of carbonyl (C=O) groups is 1. The van der Waals surface area contributed by atoms with Crippen molar-refractivity contribution in [3.63, 3.8) is 0 Å². The number of alkyl halides is 4. The highest BCUT2D eigenvalue weighted by molar-refractivity contribution is 5.94. The number of pyridine rings is 2. The maximum atomic E-state index is 14.5. The van der Waals surface area contributed by atoms with Gasteiger partial charge >= 0.3 is 6.18 Å². The molecule has 2 aliphatic heterocycles. The van der Waals surface area contributed by atoms with E-state index in [1.165, 1.54) is 17.3 Å². The summed E-state index contributed by atoms with van der Waals surface area (Å²) in [5.74, 6) is -0.822. The molecule has 1 amide bonds. The van der Waals surface area contributed by atoms with Gasteiger partial charge in [0.05, 0.1) is 31.5 Å². The minimum Gasteiger partial charge on any atom is -0.364 e. The number of anilines is 1. The Kier molecular flexibility index (Phi) is 5.87. The molecule has 0 aliphatic carbocycles. The van der Waals surface area contributed by atoms with Crippen molar-refractivity contribution in [1.82, 2.24) is 20.6 Å². The van der Waals surface area contributed by atoms with Crippen LogP contribution in [0.1, 0.15) is 12.1 Å². The zero-order valence-corrected chi connectivity index (χ0v) is 16.8. The van der Waals surface area contributed by atoms with E-state index < -0.39 is 36.5 Å². The van der Waals surface area contributed by atoms with Crippen molar-refractivity contribution in [3.05, 3.63) is 30.2 Å². The van der Waals surface area contributed by atoms with Gasteiger partial charge in [-0.3, -0.25) is 9.78 Å². The second kappa shape index (κ2) is 8.48. The molecule has 4 rings (SSSR count). The Hall–Kier alpha value is -3.04. The first-order valence-electron chi connectivity index (χ1n) is 9.98. The molecule has 0 aromatic carbocycles. The summed E-state index contributed by atoms with van der Waals surface area (Å²) in [7, 11) is 0. The Morgan fingerprint density at radius 3 is 2.91 bits per heavy atom. The number of hydrogen-bond acceptors (Lipinski definition) is 7. The van der Waals surface area contributed by atoms with Crippen molar-refractivity contribution in [1.29, 1.82) is 5.26 Å². The topological polar surface area (TPSA) is 103 Å². The molecule has 0 bridgehead atoms. The molecular formula is C20H20F4N6O2. The van der Waals surface area contributed by atoms with Crippen LogP contribution in [0.15, 0.2) is 24.5 Å². The number of nitriles is 1. The van der Waals surface area contributed by atoms with Gasteiger partial charge in [0.1, 0.15) is 17.3 Å². The fourth-order valence-corrected chi connectivity index (χ4v) is 3.90. The van der Waals surface area contributed by atoms with Crippen LogP contribution in [0.2, 0.25) is 0 Å². The molecule has 4 heterocycles. The molecule has 2 aromatic rings. The summed E-state index contributed by atoms with van der Waals surface area (Å²) in [6.07, 6.45) is -5.49. The van der Waals surface area contributed by atoms with E-state index in [2.05, 4.69) is 20.6 Å². The molecule has 0 spiro atoms. The lowest BCUT2D eigenvalue weighted by Crippen LogP contribution is -2.58. The monoisotopic (exact) mass is 452 g/mol. The van der Waals surface area contributed by atoms with Gasteiger partial charge in [0.25, 0.3) is 5.91 Å². The van der Waals surface area contributed by atoms with Gasteiger partial charge in [-0.15, -0.1) is 0 Å². The highest BCUT2D eigenvalue weighted by Crippen LogP contribution is 2.33. The molecule has 2 aromatic heterocycles. The van der Waals surface area contributed by atoms with Crippen LogP contribution >= 0.6 is 0 Å². The van der Waals surface area contributed by atoms with Crippen molar-refractivity contribution in [2.24, 2.45) is 0 Å². The number of morpholine rings is 1. The van der Waals surface area contributed by atoms with Gasteiger partial charge < -0.3 is 20.3 Å². The molecular weight excluding hydrogens is 432 g/mol. The van der Waals surface area contributed by atoms with Crippen LogP contribution < -0.4 is 15.5 Å². The van der Waals surface area contributed by atoms with Crippen molar-refractivity contribution < 1.29 is 27.1 Å². The molecule has 0 saturated carbocycles. The van der Waals surface area contributed by atoms with Gasteiger partial charge in [0, 0.05) is 18.1 Å². The van der Waals surface area contributed by atoms with E-state index in [0.29, 0.717) is 17.6 Å². The molecule has 2 N–H and O–H groups in total. The third-order valence-corrected chi connectivity index (χ3v) is 5.60. The van der Waals surface area contributed by atoms with Crippen LogP contribution in [-0.2, 0) is 9.53 Å². The van der Waals surface area contributed by atoms with E-state index in [1.807, 2.05) is 6.07 Å². The molecule has 32 heavy (non-hydrogen) atoms. The van der Waals surface area contributed by atoms with E-state index in [9.17, 15) is 27.6 Å². The average molecular weight is 452 g/mol. The lowest BCUT2D eigenvalue weighted by atomic mass is 10.1. The Balaban J connectivity index is 1.61. The van der Waals surface area contributed by atoms with Crippen LogP contribution in [0.5, 0.6) is 0 Å². The Bertz CT molecular complexity index is 1050. The first-order valence-corrected chi connectivity index (χ1v) is 9.98. The zero-order valence-electron chi connectivity index (χ0n) is 16.8. The number of ether oxygens (including phenoxy) is 1. The molecule has 8 nitrogen and oxygen atoms in total. The number of aromatic nitrogens is 2. The second-order valence-corrected chi connectivity index (χ2v) is 7.86. The summed E-state index contributed by atoms with van der Waals surface area (Å²) >= 11 is 0. The van der Waals surface area contributed by atoms with Gasteiger partial charge in [0.2, 0.25) is 0 Å². The summed E-state index contributed by atoms with van der Waals surface area (Å²) in [5.41, 5.74) is -1.06. The van der Waals surface area contributed by atoms with Crippen molar-refractivity contribution >= 4 is 22.5 Å². The number of nitrogens with one attached hydrogen (secondary N) is 2. The van der Waals surface area contributed by atoms with E-state index >= 15 is 0 Å². The summed E-state index contributed by atoms with van der Waals surface area (Å²) < 4.78 is 60.3. The fraction of sp³-hybridized carbons (Fsp3) is 0.500. The highest BCUT2D eigenvalue weighted by Gasteiger charge is 2.48. The number of amides is 1. The Morgan fingerprint density at radius 1 is 1.41 bits per heavy atom. The van der Waals surface area contributed by atoms with Gasteiger partial charge in [0.15, 0.2) is 17.9 Å². The lowest BCUT2D eigenvalue weighted by Gasteiger charge is -2.39. The van der Waals surface area contributed by atoms with Gasteiger partial charge in [-0.1, -0.05) is 0 Å². The Morgan fingerprint density at radius 2 is 2.22 bits per heavy atom. The molecule has 12 heteroatoms. The van der Waals surface area contributed by atoms with Crippen LogP contribution in [0.3, 0.4) is 0 Å². The molecule has 0 radical (unpaired) electrons. The summed E-state index contributed by atoms with van der Waals surface area (Å²) in [4.78, 5) is 22.1. The van der Waals surface area contributed by atoms with Crippen LogP contribution in [0, 0.1) is 11.3 Å². The maximum absolute atomic E-state index is 14.5. The zero-order chi connectivity index (χ0) is 22.9.